The van der Waals surface area contributed by atoms with Crippen molar-refractivity contribution < 1.29 is 9.59 Å². The number of amides is 2. The molecule has 0 aliphatic carbocycles. The fourth-order valence-corrected chi connectivity index (χ4v) is 4.45. The van der Waals surface area contributed by atoms with Crippen LogP contribution in [-0.4, -0.2) is 42.9 Å². The number of hydrogen-bond acceptors (Lipinski definition) is 3. The van der Waals surface area contributed by atoms with E-state index in [9.17, 15) is 9.59 Å². The van der Waals surface area contributed by atoms with E-state index in [1.165, 1.54) is 5.56 Å². The van der Waals surface area contributed by atoms with Crippen molar-refractivity contribution >= 4 is 39.1 Å². The van der Waals surface area contributed by atoms with Gasteiger partial charge in [-0.3, -0.25) is 9.59 Å². The molecule has 3 aromatic rings. The van der Waals surface area contributed by atoms with Crippen LogP contribution in [0, 0.1) is 0 Å². The second-order valence-corrected chi connectivity index (χ2v) is 10.5. The molecule has 176 valence electrons. The summed E-state index contributed by atoms with van der Waals surface area (Å²) in [4.78, 5) is 29.6. The Labute approximate surface area is 209 Å². The minimum atomic E-state index is -0.142. The van der Waals surface area contributed by atoms with Crippen LogP contribution in [0.1, 0.15) is 47.1 Å². The number of carbonyl (C=O) groups is 2. The summed E-state index contributed by atoms with van der Waals surface area (Å²) in [6.45, 7) is 9.43. The maximum absolute atomic E-state index is 13.0. The number of nitrogens with zero attached hydrogens (tertiary/aromatic N) is 2. The molecule has 0 unspecified atom stereocenters. The summed E-state index contributed by atoms with van der Waals surface area (Å²) in [6, 6.07) is 23.2. The average molecular weight is 520 g/mol. The number of nitrogens with one attached hydrogen (secondary N) is 1. The smallest absolute Gasteiger partial charge is 0.255 e. The van der Waals surface area contributed by atoms with Crippen molar-refractivity contribution in [1.29, 1.82) is 0 Å². The van der Waals surface area contributed by atoms with E-state index in [2.05, 4.69) is 59.1 Å². The highest BCUT2D eigenvalue weighted by molar-refractivity contribution is 9.10. The lowest BCUT2D eigenvalue weighted by atomic mass is 9.86. The molecule has 1 fully saturated rings. The van der Waals surface area contributed by atoms with E-state index in [1.807, 2.05) is 53.4 Å². The molecule has 0 aromatic heterocycles. The van der Waals surface area contributed by atoms with Gasteiger partial charge in [0.15, 0.2) is 0 Å². The number of hydrogen-bond donors (Lipinski definition) is 1. The highest BCUT2D eigenvalue weighted by Crippen LogP contribution is 2.24. The Balaban J connectivity index is 1.32. The van der Waals surface area contributed by atoms with Gasteiger partial charge in [-0.05, 0) is 65.6 Å². The largest absolute Gasteiger partial charge is 0.368 e. The van der Waals surface area contributed by atoms with Crippen LogP contribution in [0.5, 0.6) is 0 Å². The van der Waals surface area contributed by atoms with Crippen molar-refractivity contribution in [3.63, 3.8) is 0 Å². The van der Waals surface area contributed by atoms with E-state index in [0.29, 0.717) is 18.7 Å². The molecular weight excluding hydrogens is 490 g/mol. The van der Waals surface area contributed by atoms with Gasteiger partial charge in [0.25, 0.3) is 11.8 Å². The predicted molar refractivity (Wildman–Crippen MR) is 142 cm³/mol. The van der Waals surface area contributed by atoms with Crippen molar-refractivity contribution in [1.82, 2.24) is 4.90 Å². The average Bonchev–Trinajstić information content (AvgIpc) is 2.84. The third-order valence-electron chi connectivity index (χ3n) is 6.14. The number of carbonyl (C=O) groups excluding carboxylic acids is 2. The van der Waals surface area contributed by atoms with Gasteiger partial charge in [-0.25, -0.2) is 0 Å². The van der Waals surface area contributed by atoms with Crippen molar-refractivity contribution in [2.75, 3.05) is 36.4 Å². The maximum atomic E-state index is 13.0. The van der Waals surface area contributed by atoms with Gasteiger partial charge in [-0.15, -0.1) is 0 Å². The Bertz CT molecular complexity index is 1160. The van der Waals surface area contributed by atoms with E-state index in [4.69, 9.17) is 0 Å². The molecule has 2 amide bonds. The quantitative estimate of drug-likeness (QED) is 0.462. The lowest BCUT2D eigenvalue weighted by Crippen LogP contribution is -2.48. The van der Waals surface area contributed by atoms with Crippen LogP contribution in [0.25, 0.3) is 0 Å². The van der Waals surface area contributed by atoms with E-state index >= 15 is 0 Å². The van der Waals surface area contributed by atoms with E-state index in [-0.39, 0.29) is 17.2 Å². The molecule has 6 heteroatoms. The summed E-state index contributed by atoms with van der Waals surface area (Å²) in [5.74, 6) is -0.0533. The molecule has 0 spiro atoms. The second kappa shape index (κ2) is 10.0. The van der Waals surface area contributed by atoms with Gasteiger partial charge < -0.3 is 15.1 Å². The molecule has 4 rings (SSSR count). The Morgan fingerprint density at radius 3 is 2.06 bits per heavy atom. The van der Waals surface area contributed by atoms with Crippen LogP contribution in [0.2, 0.25) is 0 Å². The second-order valence-electron chi connectivity index (χ2n) is 9.62. The van der Waals surface area contributed by atoms with Crippen molar-refractivity contribution in [2.45, 2.75) is 26.2 Å². The highest BCUT2D eigenvalue weighted by Gasteiger charge is 2.23. The SMILES string of the molecule is CC(C)(C)c1ccc(C(=O)N2CCN(c3ccc(NC(=O)c4cccc(Br)c4)cc3)CC2)cc1. The molecule has 3 aromatic carbocycles. The molecule has 34 heavy (non-hydrogen) atoms. The molecule has 0 saturated carbocycles. The van der Waals surface area contributed by atoms with Gasteiger partial charge >= 0.3 is 0 Å². The molecule has 1 saturated heterocycles. The number of benzene rings is 3. The minimum absolute atomic E-state index is 0.0737. The van der Waals surface area contributed by atoms with Crippen LogP contribution in [0.15, 0.2) is 77.3 Å². The maximum Gasteiger partial charge on any atom is 0.255 e. The first-order valence-electron chi connectivity index (χ1n) is 11.5. The predicted octanol–water partition coefficient (Wildman–Crippen LogP) is 5.96. The zero-order chi connectivity index (χ0) is 24.3. The van der Waals surface area contributed by atoms with Crippen LogP contribution in [0.4, 0.5) is 11.4 Å². The Kier molecular flexibility index (Phi) is 7.08. The number of halogens is 1. The molecule has 0 bridgehead atoms. The lowest BCUT2D eigenvalue weighted by molar-refractivity contribution is 0.0746. The fourth-order valence-electron chi connectivity index (χ4n) is 4.05. The first-order valence-corrected chi connectivity index (χ1v) is 12.3. The van der Waals surface area contributed by atoms with Crippen molar-refractivity contribution in [3.8, 4) is 0 Å². The summed E-state index contributed by atoms with van der Waals surface area (Å²) < 4.78 is 0.870. The molecule has 1 aliphatic heterocycles. The fraction of sp³-hybridized carbons (Fsp3) is 0.286. The van der Waals surface area contributed by atoms with E-state index in [0.717, 1.165) is 34.5 Å². The van der Waals surface area contributed by atoms with Gasteiger partial charge in [0.2, 0.25) is 0 Å². The summed E-state index contributed by atoms with van der Waals surface area (Å²) in [7, 11) is 0. The van der Waals surface area contributed by atoms with E-state index in [1.54, 1.807) is 12.1 Å². The molecule has 1 N–H and O–H groups in total. The third kappa shape index (κ3) is 5.68. The Morgan fingerprint density at radius 1 is 0.824 bits per heavy atom. The normalized spacial score (nSPS) is 14.1. The van der Waals surface area contributed by atoms with Crippen LogP contribution in [-0.2, 0) is 5.41 Å². The lowest BCUT2D eigenvalue weighted by Gasteiger charge is -2.36. The first-order chi connectivity index (χ1) is 16.2. The third-order valence-corrected chi connectivity index (χ3v) is 6.64. The van der Waals surface area contributed by atoms with Crippen molar-refractivity contribution in [3.05, 3.63) is 94.0 Å². The van der Waals surface area contributed by atoms with Gasteiger partial charge in [0.05, 0.1) is 0 Å². The zero-order valence-corrected chi connectivity index (χ0v) is 21.4. The highest BCUT2D eigenvalue weighted by atomic mass is 79.9. The Hall–Kier alpha value is -3.12. The molecule has 0 radical (unpaired) electrons. The summed E-state index contributed by atoms with van der Waals surface area (Å²) >= 11 is 3.40. The standard InChI is InChI=1S/C28H30BrN3O2/c1-28(2,3)22-9-7-20(8-10-22)27(34)32-17-15-31(16-18-32)25-13-11-24(12-14-25)30-26(33)21-5-4-6-23(29)19-21/h4-14,19H,15-18H2,1-3H3,(H,30,33). The van der Waals surface area contributed by atoms with Gasteiger partial charge in [-0.1, -0.05) is 54.9 Å². The molecule has 1 heterocycles. The Morgan fingerprint density at radius 2 is 1.47 bits per heavy atom. The summed E-state index contributed by atoms with van der Waals surface area (Å²) in [6.07, 6.45) is 0. The zero-order valence-electron chi connectivity index (χ0n) is 19.8. The monoisotopic (exact) mass is 519 g/mol. The van der Waals surface area contributed by atoms with Crippen LogP contribution < -0.4 is 10.2 Å². The number of piperazine rings is 1. The molecule has 0 atom stereocenters. The van der Waals surface area contributed by atoms with E-state index < -0.39 is 0 Å². The first kappa shape index (κ1) is 24.0. The van der Waals surface area contributed by atoms with Gasteiger partial charge in [0, 0.05) is 53.2 Å². The van der Waals surface area contributed by atoms with Gasteiger partial charge in [-0.2, -0.15) is 0 Å². The van der Waals surface area contributed by atoms with Crippen LogP contribution >= 0.6 is 15.9 Å². The molecule has 5 nitrogen and oxygen atoms in total. The molecule has 1 aliphatic rings. The topological polar surface area (TPSA) is 52.7 Å². The van der Waals surface area contributed by atoms with Crippen LogP contribution in [0.3, 0.4) is 0 Å². The number of anilines is 2. The van der Waals surface area contributed by atoms with Gasteiger partial charge in [0.1, 0.15) is 0 Å². The summed E-state index contributed by atoms with van der Waals surface area (Å²) in [5, 5.41) is 2.94. The molecular formula is C28H30BrN3O2. The number of rotatable bonds is 4. The minimum Gasteiger partial charge on any atom is -0.368 e. The summed E-state index contributed by atoms with van der Waals surface area (Å²) in [5.41, 5.74) is 4.48. The van der Waals surface area contributed by atoms with Crippen molar-refractivity contribution in [2.24, 2.45) is 0 Å².